The van der Waals surface area contributed by atoms with E-state index in [9.17, 15) is 14.9 Å². The summed E-state index contributed by atoms with van der Waals surface area (Å²) in [6.07, 6.45) is 5.05. The molecule has 10 nitrogen and oxygen atoms in total. The number of carbonyl (C=O) groups excluding carboxylic acids is 1. The van der Waals surface area contributed by atoms with Gasteiger partial charge in [0.15, 0.2) is 5.69 Å². The Balaban J connectivity index is 1.52. The highest BCUT2D eigenvalue weighted by atomic mass is 35.5. The van der Waals surface area contributed by atoms with Crippen molar-refractivity contribution < 1.29 is 14.5 Å². The molecule has 0 fully saturated rings. The normalized spacial score (nSPS) is 10.6. The molecule has 0 spiro atoms. The molecule has 1 N–H and O–H groups in total. The Labute approximate surface area is 180 Å². The van der Waals surface area contributed by atoms with Crippen LogP contribution in [0.15, 0.2) is 73.2 Å². The van der Waals surface area contributed by atoms with Crippen molar-refractivity contribution in [3.63, 3.8) is 0 Å². The van der Waals surface area contributed by atoms with Crippen molar-refractivity contribution in [1.29, 1.82) is 0 Å². The monoisotopic (exact) mass is 438 g/mol. The smallest absolute Gasteiger partial charge is 0.276 e. The lowest BCUT2D eigenvalue weighted by Crippen LogP contribution is -2.15. The lowest BCUT2D eigenvalue weighted by atomic mass is 10.2. The summed E-state index contributed by atoms with van der Waals surface area (Å²) in [4.78, 5) is 23.3. The number of hydrogen-bond acceptors (Lipinski definition) is 6. The predicted octanol–water partition coefficient (Wildman–Crippen LogP) is 4.19. The van der Waals surface area contributed by atoms with E-state index in [2.05, 4.69) is 15.5 Å². The Morgan fingerprint density at radius 2 is 1.90 bits per heavy atom. The molecule has 0 radical (unpaired) electrons. The largest absolute Gasteiger partial charge is 0.457 e. The van der Waals surface area contributed by atoms with Crippen LogP contribution in [0.25, 0.3) is 0 Å². The predicted molar refractivity (Wildman–Crippen MR) is 112 cm³/mol. The van der Waals surface area contributed by atoms with Gasteiger partial charge in [-0.15, -0.1) is 0 Å². The van der Waals surface area contributed by atoms with E-state index in [1.54, 1.807) is 64.4 Å². The number of amides is 1. The zero-order valence-corrected chi connectivity index (χ0v) is 16.6. The Morgan fingerprint density at radius 1 is 1.10 bits per heavy atom. The molecular weight excluding hydrogens is 424 g/mol. The molecule has 4 aromatic rings. The number of nitrogens with zero attached hydrogens (tertiary/aromatic N) is 5. The van der Waals surface area contributed by atoms with Crippen molar-refractivity contribution in [3.05, 3.63) is 94.0 Å². The Hall–Kier alpha value is -4.18. The van der Waals surface area contributed by atoms with Crippen LogP contribution in [0.3, 0.4) is 0 Å². The van der Waals surface area contributed by atoms with Crippen molar-refractivity contribution in [2.45, 2.75) is 6.67 Å². The molecule has 2 aromatic carbocycles. The number of carbonyl (C=O) groups is 1. The van der Waals surface area contributed by atoms with Crippen LogP contribution >= 0.6 is 11.6 Å². The van der Waals surface area contributed by atoms with E-state index in [0.29, 0.717) is 17.4 Å². The Bertz CT molecular complexity index is 1220. The number of rotatable bonds is 7. The van der Waals surface area contributed by atoms with Crippen LogP contribution in [0.1, 0.15) is 10.5 Å². The Kier molecular flexibility index (Phi) is 5.63. The fourth-order valence-corrected chi connectivity index (χ4v) is 2.87. The van der Waals surface area contributed by atoms with E-state index >= 15 is 0 Å². The summed E-state index contributed by atoms with van der Waals surface area (Å²) in [7, 11) is 0. The van der Waals surface area contributed by atoms with Crippen LogP contribution in [0, 0.1) is 10.1 Å². The summed E-state index contributed by atoms with van der Waals surface area (Å²) < 4.78 is 8.87. The zero-order valence-electron chi connectivity index (χ0n) is 15.9. The van der Waals surface area contributed by atoms with Crippen LogP contribution in [0.2, 0.25) is 5.02 Å². The van der Waals surface area contributed by atoms with Gasteiger partial charge in [-0.1, -0.05) is 11.6 Å². The SMILES string of the molecule is O=C(Nc1cc(Oc2ccc(Cl)cc2)cc([N+](=O)[O-])c1)c1ccn(Cn2cccn2)n1. The number of nitro benzene ring substituents is 1. The number of nitrogens with one attached hydrogen (secondary N) is 1. The maximum atomic E-state index is 12.6. The van der Waals surface area contributed by atoms with E-state index in [1.807, 2.05) is 0 Å². The van der Waals surface area contributed by atoms with Crippen LogP contribution in [0.5, 0.6) is 11.5 Å². The standard InChI is InChI=1S/C20H15ClN6O4/c21-14-2-4-17(5-3-14)31-18-11-15(10-16(12-18)27(29)30)23-20(28)19-6-9-26(24-19)13-25-8-1-7-22-25/h1-12H,13H2,(H,23,28). The van der Waals surface area contributed by atoms with Gasteiger partial charge in [0.25, 0.3) is 11.6 Å². The highest BCUT2D eigenvalue weighted by Crippen LogP contribution is 2.30. The van der Waals surface area contributed by atoms with Gasteiger partial charge in [0.2, 0.25) is 0 Å². The van der Waals surface area contributed by atoms with Gasteiger partial charge in [-0.25, -0.2) is 0 Å². The summed E-state index contributed by atoms with van der Waals surface area (Å²) in [6.45, 7) is 0.343. The molecule has 0 saturated heterocycles. The topological polar surface area (TPSA) is 117 Å². The average molecular weight is 439 g/mol. The van der Waals surface area contributed by atoms with Gasteiger partial charge in [-0.3, -0.25) is 24.3 Å². The lowest BCUT2D eigenvalue weighted by Gasteiger charge is -2.09. The second-order valence-corrected chi connectivity index (χ2v) is 6.85. The summed E-state index contributed by atoms with van der Waals surface area (Å²) in [5, 5.41) is 22.7. The van der Waals surface area contributed by atoms with Crippen molar-refractivity contribution in [2.24, 2.45) is 0 Å². The molecule has 31 heavy (non-hydrogen) atoms. The number of aromatic nitrogens is 4. The minimum atomic E-state index is -0.566. The number of ether oxygens (including phenoxy) is 1. The summed E-state index contributed by atoms with van der Waals surface area (Å²) in [5.74, 6) is 0.118. The van der Waals surface area contributed by atoms with Crippen molar-refractivity contribution in [1.82, 2.24) is 19.6 Å². The van der Waals surface area contributed by atoms with E-state index in [4.69, 9.17) is 16.3 Å². The van der Waals surface area contributed by atoms with E-state index < -0.39 is 10.8 Å². The summed E-state index contributed by atoms with van der Waals surface area (Å²) in [6, 6.07) is 13.9. The van der Waals surface area contributed by atoms with E-state index in [0.717, 1.165) is 0 Å². The molecule has 11 heteroatoms. The van der Waals surface area contributed by atoms with Gasteiger partial charge in [-0.2, -0.15) is 10.2 Å². The number of anilines is 1. The van der Waals surface area contributed by atoms with Gasteiger partial charge in [0.1, 0.15) is 18.2 Å². The second-order valence-electron chi connectivity index (χ2n) is 6.41. The minimum Gasteiger partial charge on any atom is -0.457 e. The van der Waals surface area contributed by atoms with Crippen LogP contribution in [-0.2, 0) is 6.67 Å². The quantitative estimate of drug-likeness (QED) is 0.341. The van der Waals surface area contributed by atoms with Crippen LogP contribution in [0.4, 0.5) is 11.4 Å². The fraction of sp³-hybridized carbons (Fsp3) is 0.0500. The first-order valence-corrected chi connectivity index (χ1v) is 9.39. The summed E-state index contributed by atoms with van der Waals surface area (Å²) in [5.41, 5.74) is 0.120. The number of hydrogen-bond donors (Lipinski definition) is 1. The lowest BCUT2D eigenvalue weighted by molar-refractivity contribution is -0.384. The van der Waals surface area contributed by atoms with Crippen molar-refractivity contribution in [2.75, 3.05) is 5.32 Å². The first-order chi connectivity index (χ1) is 15.0. The van der Waals surface area contributed by atoms with E-state index in [1.165, 1.54) is 18.2 Å². The molecule has 156 valence electrons. The van der Waals surface area contributed by atoms with Gasteiger partial charge in [-0.05, 0) is 36.4 Å². The average Bonchev–Trinajstić information content (AvgIpc) is 3.42. The molecule has 1 amide bonds. The first kappa shape index (κ1) is 20.1. The molecule has 4 rings (SSSR count). The molecular formula is C20H15ClN6O4. The highest BCUT2D eigenvalue weighted by Gasteiger charge is 2.15. The molecule has 0 aliphatic carbocycles. The van der Waals surface area contributed by atoms with E-state index in [-0.39, 0.29) is 22.8 Å². The van der Waals surface area contributed by atoms with Gasteiger partial charge in [0.05, 0.1) is 16.7 Å². The van der Waals surface area contributed by atoms with Crippen molar-refractivity contribution in [3.8, 4) is 11.5 Å². The molecule has 0 bridgehead atoms. The third kappa shape index (κ3) is 5.06. The summed E-state index contributed by atoms with van der Waals surface area (Å²) >= 11 is 5.86. The number of halogens is 1. The number of non-ortho nitro benzene ring substituents is 1. The first-order valence-electron chi connectivity index (χ1n) is 9.01. The van der Waals surface area contributed by atoms with Gasteiger partial charge < -0.3 is 10.1 Å². The molecule has 2 heterocycles. The van der Waals surface area contributed by atoms with Crippen LogP contribution in [-0.4, -0.2) is 30.4 Å². The van der Waals surface area contributed by atoms with Gasteiger partial charge in [0, 0.05) is 35.7 Å². The molecule has 2 aromatic heterocycles. The molecule has 0 saturated carbocycles. The highest BCUT2D eigenvalue weighted by molar-refractivity contribution is 6.30. The molecule has 0 unspecified atom stereocenters. The fourth-order valence-electron chi connectivity index (χ4n) is 2.75. The number of nitro groups is 1. The van der Waals surface area contributed by atoms with Crippen LogP contribution < -0.4 is 10.1 Å². The third-order valence-corrected chi connectivity index (χ3v) is 4.38. The van der Waals surface area contributed by atoms with Gasteiger partial charge >= 0.3 is 0 Å². The zero-order chi connectivity index (χ0) is 21.8. The van der Waals surface area contributed by atoms with Crippen molar-refractivity contribution >= 4 is 28.9 Å². The third-order valence-electron chi connectivity index (χ3n) is 4.13. The maximum Gasteiger partial charge on any atom is 0.276 e. The molecule has 0 atom stereocenters. The molecule has 0 aliphatic heterocycles. The minimum absolute atomic E-state index is 0.152. The number of benzene rings is 2. The molecule has 0 aliphatic rings. The second kappa shape index (κ2) is 8.67. The Morgan fingerprint density at radius 3 is 2.61 bits per heavy atom. The maximum absolute atomic E-state index is 12.6.